The lowest BCUT2D eigenvalue weighted by Gasteiger charge is -2.20. The Labute approximate surface area is 117 Å². The predicted molar refractivity (Wildman–Crippen MR) is 77.0 cm³/mol. The van der Waals surface area contributed by atoms with Crippen molar-refractivity contribution >= 4 is 22.9 Å². The summed E-state index contributed by atoms with van der Waals surface area (Å²) in [6.07, 6.45) is 0. The summed E-state index contributed by atoms with van der Waals surface area (Å²) in [6.45, 7) is 6.68. The van der Waals surface area contributed by atoms with E-state index in [2.05, 4.69) is 29.9 Å². The number of aromatic nitrogens is 1. The van der Waals surface area contributed by atoms with Gasteiger partial charge in [0.15, 0.2) is 5.69 Å². The van der Waals surface area contributed by atoms with E-state index in [-0.39, 0.29) is 5.91 Å². The molecule has 98 valence electrons. The highest BCUT2D eigenvalue weighted by Gasteiger charge is 2.34. The van der Waals surface area contributed by atoms with Crippen molar-refractivity contribution in [1.82, 2.24) is 0 Å². The van der Waals surface area contributed by atoms with Gasteiger partial charge in [-0.3, -0.25) is 4.79 Å². The molecule has 1 atom stereocenters. The van der Waals surface area contributed by atoms with Gasteiger partial charge in [0.2, 0.25) is 16.6 Å². The molecule has 3 rings (SSSR count). The molecule has 1 amide bonds. The van der Waals surface area contributed by atoms with Crippen LogP contribution in [-0.2, 0) is 4.79 Å². The van der Waals surface area contributed by atoms with E-state index in [1.807, 2.05) is 23.1 Å². The van der Waals surface area contributed by atoms with E-state index < -0.39 is 0 Å². The number of thiazole rings is 1. The fraction of sp³-hybridized carbons (Fsp3) is 0.333. The maximum absolute atomic E-state index is 11.9. The Kier molecular flexibility index (Phi) is 2.90. The van der Waals surface area contributed by atoms with Gasteiger partial charge in [0.1, 0.15) is 5.69 Å². The van der Waals surface area contributed by atoms with Crippen molar-refractivity contribution in [2.45, 2.75) is 26.7 Å². The molecule has 0 saturated carbocycles. The summed E-state index contributed by atoms with van der Waals surface area (Å²) in [4.78, 5) is 13.8. The molecule has 0 radical (unpaired) electrons. The number of nitrogens with zero attached hydrogens (tertiary/aromatic N) is 2. The fourth-order valence-electron chi connectivity index (χ4n) is 2.70. The highest BCUT2D eigenvalue weighted by Crippen LogP contribution is 2.31. The number of carbonyl (C=O) groups excluding carboxylic acids is 1. The van der Waals surface area contributed by atoms with Crippen LogP contribution < -0.4 is 9.47 Å². The number of para-hydroxylation sites is 2. The quantitative estimate of drug-likeness (QED) is 0.677. The summed E-state index contributed by atoms with van der Waals surface area (Å²) in [5, 5.41) is 3.50. The number of rotatable bonds is 0. The first-order chi connectivity index (χ1) is 9.09. The Morgan fingerprint density at radius 2 is 2.16 bits per heavy atom. The minimum absolute atomic E-state index is 0.104. The van der Waals surface area contributed by atoms with Crippen molar-refractivity contribution in [2.75, 3.05) is 11.4 Å². The molecule has 19 heavy (non-hydrogen) atoms. The Bertz CT molecular complexity index is 647. The highest BCUT2D eigenvalue weighted by atomic mass is 32.1. The van der Waals surface area contributed by atoms with Crippen LogP contribution in [0.5, 0.6) is 0 Å². The first kappa shape index (κ1) is 12.4. The first-order valence-corrected chi connectivity index (χ1v) is 7.35. The van der Waals surface area contributed by atoms with Gasteiger partial charge in [-0.2, -0.15) is 0 Å². The maximum Gasteiger partial charge on any atom is 0.248 e. The average Bonchev–Trinajstić information content (AvgIpc) is 2.71. The minimum Gasteiger partial charge on any atom is -0.306 e. The number of hydrogen-bond acceptors (Lipinski definition) is 2. The fourth-order valence-corrected chi connectivity index (χ4v) is 3.75. The van der Waals surface area contributed by atoms with Crippen LogP contribution in [-0.4, -0.2) is 12.5 Å². The van der Waals surface area contributed by atoms with Crippen LogP contribution in [0.1, 0.15) is 30.5 Å². The zero-order valence-electron chi connectivity index (χ0n) is 11.4. The Morgan fingerprint density at radius 3 is 2.89 bits per heavy atom. The number of amides is 1. The van der Waals surface area contributed by atoms with Crippen molar-refractivity contribution in [3.8, 4) is 5.69 Å². The molecule has 2 heterocycles. The molecule has 1 aromatic carbocycles. The lowest BCUT2D eigenvalue weighted by atomic mass is 10.2. The molecule has 2 aromatic rings. The molecule has 0 unspecified atom stereocenters. The summed E-state index contributed by atoms with van der Waals surface area (Å²) >= 11 is 1.78. The molecule has 0 fully saturated rings. The smallest absolute Gasteiger partial charge is 0.248 e. The summed E-state index contributed by atoms with van der Waals surface area (Å²) < 4.78 is 2.29. The lowest BCUT2D eigenvalue weighted by Crippen LogP contribution is -2.36. The molecule has 0 spiro atoms. The number of aryl methyl sites for hydroxylation is 1. The van der Waals surface area contributed by atoms with Gasteiger partial charge in [-0.25, -0.2) is 0 Å². The molecule has 0 bridgehead atoms. The predicted octanol–water partition coefficient (Wildman–Crippen LogP) is 2.80. The van der Waals surface area contributed by atoms with Gasteiger partial charge in [0.05, 0.1) is 11.3 Å². The maximum atomic E-state index is 11.9. The summed E-state index contributed by atoms with van der Waals surface area (Å²) in [5.41, 5.74) is 3.34. The monoisotopic (exact) mass is 273 g/mol. The van der Waals surface area contributed by atoms with Gasteiger partial charge in [-0.1, -0.05) is 23.5 Å². The van der Waals surface area contributed by atoms with Crippen molar-refractivity contribution in [1.29, 1.82) is 0 Å². The van der Waals surface area contributed by atoms with Gasteiger partial charge in [-0.15, -0.1) is 4.57 Å². The molecular weight excluding hydrogens is 256 g/mol. The van der Waals surface area contributed by atoms with Crippen LogP contribution in [0.15, 0.2) is 29.6 Å². The molecule has 0 aliphatic carbocycles. The number of carbonyl (C=O) groups is 1. The summed E-state index contributed by atoms with van der Waals surface area (Å²) in [6, 6.07) is 8.14. The van der Waals surface area contributed by atoms with Crippen molar-refractivity contribution in [2.24, 2.45) is 0 Å². The van der Waals surface area contributed by atoms with Gasteiger partial charge in [-0.05, 0) is 13.0 Å². The van der Waals surface area contributed by atoms with Gasteiger partial charge in [0, 0.05) is 26.5 Å². The zero-order valence-corrected chi connectivity index (χ0v) is 12.2. The Hall–Kier alpha value is -1.68. The molecule has 1 aliphatic rings. The number of anilines is 1. The highest BCUT2D eigenvalue weighted by molar-refractivity contribution is 7.09. The van der Waals surface area contributed by atoms with E-state index in [1.165, 1.54) is 10.7 Å². The van der Waals surface area contributed by atoms with Crippen LogP contribution in [0.25, 0.3) is 5.69 Å². The third kappa shape index (κ3) is 1.87. The van der Waals surface area contributed by atoms with Crippen LogP contribution in [0.4, 0.5) is 5.69 Å². The summed E-state index contributed by atoms with van der Waals surface area (Å²) in [5.74, 6) is 0.447. The normalized spacial score (nSPS) is 17.6. The topological polar surface area (TPSA) is 24.2 Å². The van der Waals surface area contributed by atoms with Crippen LogP contribution >= 0.6 is 11.3 Å². The first-order valence-electron chi connectivity index (χ1n) is 6.47. The number of fused-ring (bicyclic) bond motifs is 3. The second kappa shape index (κ2) is 4.46. The van der Waals surface area contributed by atoms with E-state index >= 15 is 0 Å². The van der Waals surface area contributed by atoms with Gasteiger partial charge >= 0.3 is 0 Å². The lowest BCUT2D eigenvalue weighted by molar-refractivity contribution is -0.605. The van der Waals surface area contributed by atoms with E-state index in [4.69, 9.17) is 0 Å². The van der Waals surface area contributed by atoms with E-state index in [1.54, 1.807) is 18.3 Å². The Balaban J connectivity index is 2.30. The largest absolute Gasteiger partial charge is 0.306 e. The van der Waals surface area contributed by atoms with E-state index in [9.17, 15) is 4.79 Å². The molecule has 1 aliphatic heterocycles. The van der Waals surface area contributed by atoms with Crippen molar-refractivity contribution in [3.05, 3.63) is 40.3 Å². The molecule has 0 N–H and O–H groups in total. The number of benzene rings is 1. The molecule has 4 heteroatoms. The molecule has 3 nitrogen and oxygen atoms in total. The average molecular weight is 273 g/mol. The number of hydrogen-bond donors (Lipinski definition) is 0. The van der Waals surface area contributed by atoms with Crippen LogP contribution in [0.3, 0.4) is 0 Å². The van der Waals surface area contributed by atoms with Crippen LogP contribution in [0.2, 0.25) is 0 Å². The Morgan fingerprint density at radius 1 is 1.42 bits per heavy atom. The van der Waals surface area contributed by atoms with Crippen LogP contribution in [0, 0.1) is 6.92 Å². The van der Waals surface area contributed by atoms with E-state index in [0.29, 0.717) is 5.92 Å². The second-order valence-corrected chi connectivity index (χ2v) is 5.96. The SMILES string of the molecule is CC(=O)N1C[C@@H](C)c2scc(C)[n+]2-c2ccccc21. The van der Waals surface area contributed by atoms with Gasteiger partial charge < -0.3 is 4.90 Å². The standard InChI is InChI=1S/C15H17N2OS/c1-10-8-16(12(3)18)13-6-4-5-7-14(13)17-11(2)9-19-15(10)17/h4-7,9-10H,8H2,1-3H3/q+1/t10-/m1/s1. The molecule has 0 saturated heterocycles. The van der Waals surface area contributed by atoms with E-state index in [0.717, 1.165) is 17.9 Å². The molecular formula is C15H17N2OS+. The molecule has 1 aromatic heterocycles. The minimum atomic E-state index is 0.104. The van der Waals surface area contributed by atoms with Crippen molar-refractivity contribution in [3.63, 3.8) is 0 Å². The van der Waals surface area contributed by atoms with Gasteiger partial charge in [0.25, 0.3) is 0 Å². The zero-order chi connectivity index (χ0) is 13.6. The summed E-state index contributed by atoms with van der Waals surface area (Å²) in [7, 11) is 0. The third-order valence-corrected chi connectivity index (χ3v) is 4.88. The second-order valence-electron chi connectivity index (χ2n) is 5.07. The van der Waals surface area contributed by atoms with Crippen molar-refractivity contribution < 1.29 is 9.36 Å². The third-order valence-electron chi connectivity index (χ3n) is 3.59.